The highest BCUT2D eigenvalue weighted by atomic mass is 32.1. The van der Waals surface area contributed by atoms with E-state index >= 15 is 0 Å². The van der Waals surface area contributed by atoms with Crippen molar-refractivity contribution >= 4 is 18.1 Å². The van der Waals surface area contributed by atoms with Crippen LogP contribution in [0, 0.1) is 17.1 Å². The van der Waals surface area contributed by atoms with Crippen LogP contribution in [0.4, 0.5) is 0 Å². The molecule has 2 N–H and O–H groups in total. The monoisotopic (exact) mass is 369 g/mol. The molecule has 7 heteroatoms. The van der Waals surface area contributed by atoms with Gasteiger partial charge >= 0.3 is 0 Å². The zero-order valence-electron chi connectivity index (χ0n) is 14.9. The standard InChI is InChI=1S/C19H23N5OS/c1-3-12-23(16-9-8-14-6-4-5-7-15(14)16)13-24-19(26)22(2)18(21-24)11-10-17(20)25/h1,4-7,16H,8-13H2,2H3,(H2,20,25). The van der Waals surface area contributed by atoms with Crippen molar-refractivity contribution in [3.8, 4) is 12.3 Å². The molecule has 1 aliphatic carbocycles. The first-order valence-electron chi connectivity index (χ1n) is 8.67. The Balaban J connectivity index is 1.84. The first kappa shape index (κ1) is 18.4. The van der Waals surface area contributed by atoms with Crippen LogP contribution >= 0.6 is 12.2 Å². The first-order chi connectivity index (χ1) is 12.5. The molecule has 0 aliphatic heterocycles. The zero-order valence-corrected chi connectivity index (χ0v) is 15.7. The molecule has 1 aliphatic rings. The normalized spacial score (nSPS) is 15.8. The van der Waals surface area contributed by atoms with E-state index in [4.69, 9.17) is 24.4 Å². The maximum absolute atomic E-state index is 11.1. The van der Waals surface area contributed by atoms with Gasteiger partial charge in [-0.3, -0.25) is 9.69 Å². The van der Waals surface area contributed by atoms with Crippen LogP contribution in [0.5, 0.6) is 0 Å². The van der Waals surface area contributed by atoms with Gasteiger partial charge in [0.1, 0.15) is 5.82 Å². The van der Waals surface area contributed by atoms with Crippen molar-refractivity contribution in [2.75, 3.05) is 6.54 Å². The van der Waals surface area contributed by atoms with E-state index in [0.717, 1.165) is 18.7 Å². The highest BCUT2D eigenvalue weighted by molar-refractivity contribution is 7.71. The zero-order chi connectivity index (χ0) is 18.7. The number of benzene rings is 1. The van der Waals surface area contributed by atoms with Crippen LogP contribution in [0.25, 0.3) is 0 Å². The summed E-state index contributed by atoms with van der Waals surface area (Å²) in [5, 5.41) is 4.59. The number of terminal acetylenes is 1. The Bertz CT molecular complexity index is 907. The Labute approximate surface area is 158 Å². The minimum absolute atomic E-state index is 0.254. The number of rotatable bonds is 7. The number of fused-ring (bicyclic) bond motifs is 1. The van der Waals surface area contributed by atoms with Crippen molar-refractivity contribution in [1.29, 1.82) is 0 Å². The van der Waals surface area contributed by atoms with E-state index in [0.29, 0.717) is 24.4 Å². The summed E-state index contributed by atoms with van der Waals surface area (Å²) in [4.78, 5) is 13.3. The van der Waals surface area contributed by atoms with E-state index in [9.17, 15) is 4.79 Å². The van der Waals surface area contributed by atoms with Gasteiger partial charge in [0.2, 0.25) is 5.91 Å². The number of hydrogen-bond acceptors (Lipinski definition) is 4. The van der Waals surface area contributed by atoms with Crippen LogP contribution in [0.15, 0.2) is 24.3 Å². The molecule has 1 unspecified atom stereocenters. The van der Waals surface area contributed by atoms with Crippen molar-refractivity contribution in [3.05, 3.63) is 46.0 Å². The molecule has 26 heavy (non-hydrogen) atoms. The van der Waals surface area contributed by atoms with Gasteiger partial charge in [0, 0.05) is 25.9 Å². The predicted octanol–water partition coefficient (Wildman–Crippen LogP) is 1.95. The smallest absolute Gasteiger partial charge is 0.217 e. The maximum atomic E-state index is 11.1. The predicted molar refractivity (Wildman–Crippen MR) is 103 cm³/mol. The van der Waals surface area contributed by atoms with Crippen LogP contribution < -0.4 is 5.73 Å². The van der Waals surface area contributed by atoms with E-state index in [1.807, 2.05) is 11.6 Å². The van der Waals surface area contributed by atoms with Gasteiger partial charge < -0.3 is 10.3 Å². The van der Waals surface area contributed by atoms with Crippen LogP contribution in [0.3, 0.4) is 0 Å². The van der Waals surface area contributed by atoms with E-state index in [1.54, 1.807) is 4.68 Å². The highest BCUT2D eigenvalue weighted by Gasteiger charge is 2.28. The minimum Gasteiger partial charge on any atom is -0.370 e. The van der Waals surface area contributed by atoms with Crippen LogP contribution in [-0.4, -0.2) is 31.7 Å². The molecule has 1 amide bonds. The number of carbonyl (C=O) groups is 1. The molecule has 2 aromatic rings. The second-order valence-electron chi connectivity index (χ2n) is 6.57. The summed E-state index contributed by atoms with van der Waals surface area (Å²) in [6, 6.07) is 8.76. The van der Waals surface area contributed by atoms with Gasteiger partial charge in [-0.2, -0.15) is 5.10 Å². The van der Waals surface area contributed by atoms with Crippen molar-refractivity contribution < 1.29 is 4.79 Å². The van der Waals surface area contributed by atoms with Crippen molar-refractivity contribution in [2.45, 2.75) is 38.4 Å². The molecule has 0 radical (unpaired) electrons. The van der Waals surface area contributed by atoms with Crippen molar-refractivity contribution in [3.63, 3.8) is 0 Å². The van der Waals surface area contributed by atoms with Crippen molar-refractivity contribution in [1.82, 2.24) is 19.2 Å². The topological polar surface area (TPSA) is 69.1 Å². The SMILES string of the molecule is C#CCN(Cn1nc(CCC(N)=O)n(C)c1=S)C1CCc2ccccc21. The third-order valence-electron chi connectivity index (χ3n) is 4.88. The van der Waals surface area contributed by atoms with Gasteiger partial charge in [-0.05, 0) is 36.2 Å². The van der Waals surface area contributed by atoms with Gasteiger partial charge in [-0.1, -0.05) is 30.2 Å². The van der Waals surface area contributed by atoms with Crippen LogP contribution in [0.2, 0.25) is 0 Å². The fourth-order valence-electron chi connectivity index (χ4n) is 3.54. The molecule has 0 spiro atoms. The van der Waals surface area contributed by atoms with Gasteiger partial charge in [-0.15, -0.1) is 6.42 Å². The Morgan fingerprint density at radius 2 is 2.27 bits per heavy atom. The summed E-state index contributed by atoms with van der Waals surface area (Å²) in [6.07, 6.45) is 8.44. The third-order valence-corrected chi connectivity index (χ3v) is 5.36. The second kappa shape index (κ2) is 7.85. The Morgan fingerprint density at radius 3 is 3.00 bits per heavy atom. The molecule has 6 nitrogen and oxygen atoms in total. The number of amides is 1. The van der Waals surface area contributed by atoms with E-state index in [-0.39, 0.29) is 18.4 Å². The first-order valence-corrected chi connectivity index (χ1v) is 9.08. The maximum Gasteiger partial charge on any atom is 0.217 e. The van der Waals surface area contributed by atoms with E-state index in [2.05, 4.69) is 40.2 Å². The Hall–Kier alpha value is -2.43. The Morgan fingerprint density at radius 1 is 1.50 bits per heavy atom. The summed E-state index contributed by atoms with van der Waals surface area (Å²) in [5.41, 5.74) is 7.96. The third kappa shape index (κ3) is 3.71. The van der Waals surface area contributed by atoms with Gasteiger partial charge in [-0.25, -0.2) is 4.68 Å². The average Bonchev–Trinajstić information content (AvgIpc) is 3.16. The average molecular weight is 369 g/mol. The molecular formula is C19H23N5OS. The van der Waals surface area contributed by atoms with Crippen molar-refractivity contribution in [2.24, 2.45) is 12.8 Å². The fraction of sp³-hybridized carbons (Fsp3) is 0.421. The number of nitrogens with zero attached hydrogens (tertiary/aromatic N) is 4. The lowest BCUT2D eigenvalue weighted by molar-refractivity contribution is -0.118. The lowest BCUT2D eigenvalue weighted by atomic mass is 10.1. The summed E-state index contributed by atoms with van der Waals surface area (Å²) in [5.74, 6) is 3.17. The number of carbonyl (C=O) groups excluding carboxylic acids is 1. The summed E-state index contributed by atoms with van der Waals surface area (Å²) < 4.78 is 4.22. The molecule has 1 aromatic carbocycles. The van der Waals surface area contributed by atoms with Crippen LogP contribution in [-0.2, 0) is 31.4 Å². The molecule has 0 bridgehead atoms. The molecule has 1 atom stereocenters. The molecular weight excluding hydrogens is 346 g/mol. The lowest BCUT2D eigenvalue weighted by Crippen LogP contribution is -2.31. The quantitative estimate of drug-likeness (QED) is 0.598. The molecule has 1 aromatic heterocycles. The van der Waals surface area contributed by atoms with E-state index in [1.165, 1.54) is 11.1 Å². The number of aromatic nitrogens is 3. The Kier molecular flexibility index (Phi) is 5.55. The molecule has 0 fully saturated rings. The molecule has 0 saturated carbocycles. The fourth-order valence-corrected chi connectivity index (χ4v) is 3.74. The number of aryl methyl sites for hydroxylation is 2. The van der Waals surface area contributed by atoms with Crippen LogP contribution in [0.1, 0.15) is 35.8 Å². The summed E-state index contributed by atoms with van der Waals surface area (Å²) in [7, 11) is 1.86. The number of hydrogen-bond donors (Lipinski definition) is 1. The molecule has 136 valence electrons. The largest absolute Gasteiger partial charge is 0.370 e. The molecule has 0 saturated heterocycles. The number of nitrogens with two attached hydrogens (primary N) is 1. The molecule has 3 rings (SSSR count). The van der Waals surface area contributed by atoms with Gasteiger partial charge in [0.25, 0.3) is 0 Å². The lowest BCUT2D eigenvalue weighted by Gasteiger charge is -2.27. The second-order valence-corrected chi connectivity index (χ2v) is 6.93. The summed E-state index contributed by atoms with van der Waals surface area (Å²) >= 11 is 5.52. The van der Waals surface area contributed by atoms with Gasteiger partial charge in [0.15, 0.2) is 4.77 Å². The van der Waals surface area contributed by atoms with Gasteiger partial charge in [0.05, 0.1) is 13.2 Å². The minimum atomic E-state index is -0.345. The highest BCUT2D eigenvalue weighted by Crippen LogP contribution is 2.35. The number of primary amides is 1. The summed E-state index contributed by atoms with van der Waals surface area (Å²) in [6.45, 7) is 1.04. The van der Waals surface area contributed by atoms with E-state index < -0.39 is 0 Å². The molecule has 1 heterocycles.